The van der Waals surface area contributed by atoms with Crippen molar-refractivity contribution in [1.29, 1.82) is 0 Å². The predicted octanol–water partition coefficient (Wildman–Crippen LogP) is 3.00. The van der Waals surface area contributed by atoms with Crippen LogP contribution in [0.4, 0.5) is 0 Å². The SMILES string of the molecule is CC(C)[C@@H](CN1CCC(C)(c2cccnc2)CC1)NC(=O)[C@H]1Cc2ccc(O)cc2CN1. The van der Waals surface area contributed by atoms with Crippen molar-refractivity contribution in [2.24, 2.45) is 5.92 Å². The third-order valence-electron chi connectivity index (χ3n) is 7.37. The van der Waals surface area contributed by atoms with Gasteiger partial charge in [-0.15, -0.1) is 0 Å². The van der Waals surface area contributed by atoms with E-state index in [0.29, 0.717) is 18.9 Å². The first-order valence-electron chi connectivity index (χ1n) is 11.8. The summed E-state index contributed by atoms with van der Waals surface area (Å²) in [4.78, 5) is 19.9. The summed E-state index contributed by atoms with van der Waals surface area (Å²) in [6.07, 6.45) is 6.70. The average Bonchev–Trinajstić information content (AvgIpc) is 2.80. The zero-order valence-corrected chi connectivity index (χ0v) is 19.5. The van der Waals surface area contributed by atoms with Crippen molar-refractivity contribution >= 4 is 5.91 Å². The van der Waals surface area contributed by atoms with Gasteiger partial charge in [0, 0.05) is 31.5 Å². The lowest BCUT2D eigenvalue weighted by molar-refractivity contribution is -0.124. The Morgan fingerprint density at radius 3 is 2.75 bits per heavy atom. The first-order valence-corrected chi connectivity index (χ1v) is 11.8. The highest BCUT2D eigenvalue weighted by atomic mass is 16.3. The highest BCUT2D eigenvalue weighted by Gasteiger charge is 2.34. The van der Waals surface area contributed by atoms with Crippen LogP contribution in [0.5, 0.6) is 5.75 Å². The number of hydrogen-bond donors (Lipinski definition) is 3. The summed E-state index contributed by atoms with van der Waals surface area (Å²) < 4.78 is 0. The van der Waals surface area contributed by atoms with Crippen molar-refractivity contribution in [3.05, 3.63) is 59.4 Å². The van der Waals surface area contributed by atoms with Gasteiger partial charge in [-0.1, -0.05) is 32.9 Å². The molecule has 2 atom stereocenters. The van der Waals surface area contributed by atoms with E-state index in [1.807, 2.05) is 24.5 Å². The van der Waals surface area contributed by atoms with Crippen LogP contribution in [0.15, 0.2) is 42.7 Å². The number of phenols is 1. The van der Waals surface area contributed by atoms with E-state index < -0.39 is 0 Å². The fraction of sp³-hybridized carbons (Fsp3) is 0.538. The number of nitrogens with zero attached hydrogens (tertiary/aromatic N) is 2. The first kappa shape index (κ1) is 22.7. The molecule has 1 saturated heterocycles. The molecular formula is C26H36N4O2. The minimum Gasteiger partial charge on any atom is -0.508 e. The molecule has 0 spiro atoms. The zero-order chi connectivity index (χ0) is 22.7. The normalized spacial score (nSPS) is 21.7. The molecule has 0 bridgehead atoms. The summed E-state index contributed by atoms with van der Waals surface area (Å²) >= 11 is 0. The first-order chi connectivity index (χ1) is 15.3. The lowest BCUT2D eigenvalue weighted by atomic mass is 9.75. The quantitative estimate of drug-likeness (QED) is 0.649. The van der Waals surface area contributed by atoms with Crippen LogP contribution in [0, 0.1) is 5.92 Å². The zero-order valence-electron chi connectivity index (χ0n) is 19.5. The van der Waals surface area contributed by atoms with Gasteiger partial charge < -0.3 is 20.6 Å². The molecule has 2 aromatic rings. The third-order valence-corrected chi connectivity index (χ3v) is 7.37. The van der Waals surface area contributed by atoms with E-state index in [1.165, 1.54) is 5.56 Å². The molecule has 2 aliphatic rings. The van der Waals surface area contributed by atoms with E-state index in [0.717, 1.165) is 43.6 Å². The maximum Gasteiger partial charge on any atom is 0.237 e. The number of aromatic nitrogens is 1. The lowest BCUT2D eigenvalue weighted by Gasteiger charge is -2.41. The number of rotatable bonds is 6. The Hall–Kier alpha value is -2.44. The second-order valence-electron chi connectivity index (χ2n) is 10.1. The molecular weight excluding hydrogens is 400 g/mol. The van der Waals surface area contributed by atoms with E-state index in [2.05, 4.69) is 47.4 Å². The number of amides is 1. The Morgan fingerprint density at radius 1 is 1.28 bits per heavy atom. The van der Waals surface area contributed by atoms with Crippen LogP contribution in [0.2, 0.25) is 0 Å². The monoisotopic (exact) mass is 436 g/mol. The highest BCUT2D eigenvalue weighted by Crippen LogP contribution is 2.34. The van der Waals surface area contributed by atoms with Crippen molar-refractivity contribution < 1.29 is 9.90 Å². The van der Waals surface area contributed by atoms with Crippen molar-refractivity contribution in [3.8, 4) is 5.75 Å². The summed E-state index contributed by atoms with van der Waals surface area (Å²) in [6.45, 7) is 10.3. The van der Waals surface area contributed by atoms with E-state index >= 15 is 0 Å². The van der Waals surface area contributed by atoms with Crippen LogP contribution < -0.4 is 10.6 Å². The number of aromatic hydroxyl groups is 1. The van der Waals surface area contributed by atoms with Crippen LogP contribution in [0.3, 0.4) is 0 Å². The fourth-order valence-corrected chi connectivity index (χ4v) is 4.91. The van der Waals surface area contributed by atoms with Gasteiger partial charge in [-0.05, 0) is 78.6 Å². The third kappa shape index (κ3) is 5.13. The number of benzene rings is 1. The van der Waals surface area contributed by atoms with Gasteiger partial charge in [-0.3, -0.25) is 9.78 Å². The minimum atomic E-state index is -0.233. The van der Waals surface area contributed by atoms with Crippen LogP contribution >= 0.6 is 0 Å². The number of pyridine rings is 1. The molecule has 6 heteroatoms. The molecule has 0 saturated carbocycles. The number of nitrogens with one attached hydrogen (secondary N) is 2. The van der Waals surface area contributed by atoms with E-state index in [-0.39, 0.29) is 29.2 Å². The van der Waals surface area contributed by atoms with Crippen molar-refractivity contribution in [2.75, 3.05) is 19.6 Å². The summed E-state index contributed by atoms with van der Waals surface area (Å²) in [5.74, 6) is 0.701. The van der Waals surface area contributed by atoms with Crippen LogP contribution in [0.25, 0.3) is 0 Å². The number of piperidine rings is 1. The topological polar surface area (TPSA) is 77.5 Å². The van der Waals surface area contributed by atoms with Gasteiger partial charge >= 0.3 is 0 Å². The number of likely N-dealkylation sites (tertiary alicyclic amines) is 1. The Morgan fingerprint density at radius 2 is 2.06 bits per heavy atom. The summed E-state index contributed by atoms with van der Waals surface area (Å²) in [7, 11) is 0. The van der Waals surface area contributed by atoms with E-state index in [9.17, 15) is 9.90 Å². The maximum atomic E-state index is 13.1. The second kappa shape index (κ2) is 9.59. The molecule has 3 heterocycles. The molecule has 3 N–H and O–H groups in total. The molecule has 1 aromatic heterocycles. The van der Waals surface area contributed by atoms with Gasteiger partial charge in [0.25, 0.3) is 0 Å². The summed E-state index contributed by atoms with van der Waals surface area (Å²) in [5, 5.41) is 16.3. The molecule has 0 aliphatic carbocycles. The Labute approximate surface area is 191 Å². The minimum absolute atomic E-state index is 0.0691. The molecule has 1 aromatic carbocycles. The molecule has 1 fully saturated rings. The number of carbonyl (C=O) groups is 1. The van der Waals surface area contributed by atoms with E-state index in [1.54, 1.807) is 12.1 Å². The number of fused-ring (bicyclic) bond motifs is 1. The van der Waals surface area contributed by atoms with Gasteiger partial charge in [0.15, 0.2) is 0 Å². The van der Waals surface area contributed by atoms with Gasteiger partial charge in [-0.25, -0.2) is 0 Å². The molecule has 0 unspecified atom stereocenters. The predicted molar refractivity (Wildman–Crippen MR) is 126 cm³/mol. The van der Waals surface area contributed by atoms with Gasteiger partial charge in [0.05, 0.1) is 6.04 Å². The highest BCUT2D eigenvalue weighted by molar-refractivity contribution is 5.82. The average molecular weight is 437 g/mol. The Kier molecular flexibility index (Phi) is 6.82. The molecule has 172 valence electrons. The largest absolute Gasteiger partial charge is 0.508 e. The standard InChI is InChI=1S/C26H36N4O2/c1-18(2)24(17-30-11-8-26(3,9-12-30)21-5-4-10-27-16-21)29-25(32)23-14-19-6-7-22(31)13-20(19)15-28-23/h4-7,10,13,16,18,23-24,28,31H,8-9,11-12,14-15,17H2,1-3H3,(H,29,32)/t23-,24-/m1/s1. The van der Waals surface area contributed by atoms with Gasteiger partial charge in [0.1, 0.15) is 5.75 Å². The number of hydrogen-bond acceptors (Lipinski definition) is 5. The molecule has 0 radical (unpaired) electrons. The Bertz CT molecular complexity index is 923. The number of phenolic OH excluding ortho intramolecular Hbond substituents is 1. The lowest BCUT2D eigenvalue weighted by Crippen LogP contribution is -2.55. The fourth-order valence-electron chi connectivity index (χ4n) is 4.91. The van der Waals surface area contributed by atoms with Crippen LogP contribution in [0.1, 0.15) is 50.3 Å². The molecule has 1 amide bonds. The second-order valence-corrected chi connectivity index (χ2v) is 10.1. The molecule has 4 rings (SSSR count). The maximum absolute atomic E-state index is 13.1. The van der Waals surface area contributed by atoms with Crippen LogP contribution in [-0.4, -0.2) is 52.6 Å². The van der Waals surface area contributed by atoms with Crippen molar-refractivity contribution in [2.45, 2.75) is 64.1 Å². The van der Waals surface area contributed by atoms with E-state index in [4.69, 9.17) is 0 Å². The van der Waals surface area contributed by atoms with Crippen LogP contribution in [-0.2, 0) is 23.2 Å². The van der Waals surface area contributed by atoms with Crippen molar-refractivity contribution in [1.82, 2.24) is 20.5 Å². The summed E-state index contributed by atoms with van der Waals surface area (Å²) in [6, 6.07) is 9.51. The molecule has 6 nitrogen and oxygen atoms in total. The Balaban J connectivity index is 1.33. The van der Waals surface area contributed by atoms with Gasteiger partial charge in [-0.2, -0.15) is 0 Å². The van der Waals surface area contributed by atoms with Crippen molar-refractivity contribution in [3.63, 3.8) is 0 Å². The number of carbonyl (C=O) groups excluding carboxylic acids is 1. The summed E-state index contributed by atoms with van der Waals surface area (Å²) in [5.41, 5.74) is 3.70. The molecule has 2 aliphatic heterocycles. The van der Waals surface area contributed by atoms with Gasteiger partial charge in [0.2, 0.25) is 5.91 Å². The smallest absolute Gasteiger partial charge is 0.237 e. The molecule has 32 heavy (non-hydrogen) atoms.